The number of halogens is 2. The van der Waals surface area contributed by atoms with E-state index in [-0.39, 0.29) is 17.3 Å². The molecule has 0 bridgehead atoms. The molecule has 3 atom stereocenters. The molecule has 94 valence electrons. The third-order valence-corrected chi connectivity index (χ3v) is 5.03. The number of amides is 1. The normalized spacial score (nSPS) is 30.8. The molecule has 1 fully saturated rings. The van der Waals surface area contributed by atoms with E-state index in [9.17, 15) is 4.79 Å². The molecule has 10 heteroatoms. The number of alkyl halides is 2. The second kappa shape index (κ2) is 4.43. The summed E-state index contributed by atoms with van der Waals surface area (Å²) in [5.41, 5.74) is 0.892. The Bertz CT molecular complexity index is 537. The van der Waals surface area contributed by atoms with Gasteiger partial charge in [0.15, 0.2) is 5.82 Å². The maximum Gasteiger partial charge on any atom is 0.278 e. The van der Waals surface area contributed by atoms with Crippen LogP contribution in [-0.4, -0.2) is 55.5 Å². The van der Waals surface area contributed by atoms with Crippen molar-refractivity contribution in [2.24, 2.45) is 0 Å². The molecular formula is C8H8BCl2N5OS. The molecule has 0 unspecified atom stereocenters. The predicted molar refractivity (Wildman–Crippen MR) is 71.2 cm³/mol. The van der Waals surface area contributed by atoms with Gasteiger partial charge >= 0.3 is 0 Å². The van der Waals surface area contributed by atoms with Gasteiger partial charge in [0.1, 0.15) is 16.8 Å². The van der Waals surface area contributed by atoms with Gasteiger partial charge in [-0.05, 0) is 11.0 Å². The van der Waals surface area contributed by atoms with Crippen molar-refractivity contribution in [3.05, 3.63) is 16.8 Å². The number of hydrogen-bond acceptors (Lipinski definition) is 5. The number of aromatic nitrogens is 4. The van der Waals surface area contributed by atoms with E-state index in [0.29, 0.717) is 11.7 Å². The van der Waals surface area contributed by atoms with E-state index in [1.807, 2.05) is 5.41 Å². The average Bonchev–Trinajstić information content (AvgIpc) is 2.82. The lowest BCUT2D eigenvalue weighted by Crippen LogP contribution is -2.63. The highest BCUT2D eigenvalue weighted by molar-refractivity contribution is 8.03. The van der Waals surface area contributed by atoms with E-state index in [0.717, 1.165) is 5.57 Å². The van der Waals surface area contributed by atoms with Gasteiger partial charge in [0, 0.05) is 5.88 Å². The number of rotatable bonds is 2. The van der Waals surface area contributed by atoms with Gasteiger partial charge in [0.05, 0.1) is 0 Å². The van der Waals surface area contributed by atoms with Crippen LogP contribution < -0.4 is 0 Å². The molecule has 1 saturated heterocycles. The molecule has 0 radical (unpaired) electrons. The SMILES string of the molecule is Bn1nnc([C@H]2C(CCl)=CS[C@@H]3[C@H](Cl)C(=O)N23)n1. The van der Waals surface area contributed by atoms with Crippen LogP contribution in [0.3, 0.4) is 0 Å². The summed E-state index contributed by atoms with van der Waals surface area (Å²) in [5, 5.41) is 13.3. The smallest absolute Gasteiger partial charge is 0.278 e. The van der Waals surface area contributed by atoms with Crippen molar-refractivity contribution >= 4 is 48.9 Å². The topological polar surface area (TPSA) is 63.9 Å². The zero-order chi connectivity index (χ0) is 12.9. The van der Waals surface area contributed by atoms with Gasteiger partial charge in [0.25, 0.3) is 7.98 Å². The fraction of sp³-hybridized carbons (Fsp3) is 0.500. The summed E-state index contributed by atoms with van der Waals surface area (Å²) >= 11 is 13.4. The third-order valence-electron chi connectivity index (χ3n) is 2.93. The van der Waals surface area contributed by atoms with Gasteiger partial charge in [-0.1, -0.05) is 5.21 Å². The fourth-order valence-corrected chi connectivity index (χ4v) is 3.93. The Hall–Kier alpha value is -0.725. The molecule has 2 aliphatic rings. The number of carbonyl (C=O) groups excluding carboxylic acids is 1. The highest BCUT2D eigenvalue weighted by Crippen LogP contribution is 2.47. The fourth-order valence-electron chi connectivity index (χ4n) is 2.06. The standard InChI is InChI=1S/C8H8BCl2N5OS/c9-16-13-6(12-14-16)5-3(1-10)2-18-8-4(11)7(17)15(5)8/h2,4-5,8H,1,9H2/t4-,5-,8-/m1/s1. The van der Waals surface area contributed by atoms with Crippen LogP contribution in [-0.2, 0) is 4.79 Å². The molecular weight excluding hydrogens is 296 g/mol. The largest absolute Gasteiger partial charge is 0.313 e. The van der Waals surface area contributed by atoms with E-state index in [1.54, 1.807) is 12.9 Å². The molecule has 0 saturated carbocycles. The van der Waals surface area contributed by atoms with E-state index >= 15 is 0 Å². The summed E-state index contributed by atoms with van der Waals surface area (Å²) in [5.74, 6) is 0.688. The first-order valence-electron chi connectivity index (χ1n) is 5.24. The van der Waals surface area contributed by atoms with Crippen LogP contribution in [0.2, 0.25) is 0 Å². The first-order chi connectivity index (χ1) is 8.63. The zero-order valence-electron chi connectivity index (χ0n) is 9.33. The van der Waals surface area contributed by atoms with Crippen molar-refractivity contribution < 1.29 is 4.79 Å². The molecule has 3 heterocycles. The Balaban J connectivity index is 2.00. The molecule has 1 aromatic rings. The Morgan fingerprint density at radius 1 is 1.56 bits per heavy atom. The van der Waals surface area contributed by atoms with Crippen LogP contribution >= 0.6 is 35.0 Å². The van der Waals surface area contributed by atoms with E-state index in [1.165, 1.54) is 16.5 Å². The molecule has 18 heavy (non-hydrogen) atoms. The van der Waals surface area contributed by atoms with Crippen molar-refractivity contribution in [3.8, 4) is 0 Å². The molecule has 1 amide bonds. The quantitative estimate of drug-likeness (QED) is 0.428. The van der Waals surface area contributed by atoms with Gasteiger partial charge < -0.3 is 4.90 Å². The molecule has 3 rings (SSSR count). The Kier molecular flexibility index (Phi) is 3.03. The average molecular weight is 304 g/mol. The number of thioether (sulfide) groups is 1. The van der Waals surface area contributed by atoms with E-state index in [2.05, 4.69) is 15.4 Å². The van der Waals surface area contributed by atoms with Crippen LogP contribution in [0, 0.1) is 0 Å². The van der Waals surface area contributed by atoms with Crippen molar-refractivity contribution in [1.82, 2.24) is 25.0 Å². The van der Waals surface area contributed by atoms with Crippen LogP contribution in [0.25, 0.3) is 0 Å². The molecule has 0 spiro atoms. The lowest BCUT2D eigenvalue weighted by Gasteiger charge is -2.49. The number of nitrogens with zero attached hydrogens (tertiary/aromatic N) is 5. The van der Waals surface area contributed by atoms with Crippen molar-refractivity contribution in [2.45, 2.75) is 16.8 Å². The highest BCUT2D eigenvalue weighted by Gasteiger charge is 2.53. The highest BCUT2D eigenvalue weighted by atomic mass is 35.5. The Labute approximate surface area is 118 Å². The van der Waals surface area contributed by atoms with Crippen LogP contribution in [0.5, 0.6) is 0 Å². The van der Waals surface area contributed by atoms with Gasteiger partial charge in [-0.2, -0.15) is 0 Å². The number of tetrazole rings is 1. The maximum atomic E-state index is 11.9. The number of carbonyl (C=O) groups is 1. The van der Waals surface area contributed by atoms with Crippen molar-refractivity contribution in [3.63, 3.8) is 0 Å². The first kappa shape index (κ1) is 12.3. The second-order valence-electron chi connectivity index (χ2n) is 4.04. The lowest BCUT2D eigenvalue weighted by molar-refractivity contribution is -0.143. The zero-order valence-corrected chi connectivity index (χ0v) is 11.7. The Morgan fingerprint density at radius 3 is 2.94 bits per heavy atom. The van der Waals surface area contributed by atoms with E-state index in [4.69, 9.17) is 23.2 Å². The molecule has 1 aromatic heterocycles. The van der Waals surface area contributed by atoms with Gasteiger partial charge in [-0.3, -0.25) is 4.79 Å². The summed E-state index contributed by atoms with van der Waals surface area (Å²) in [6.45, 7) is 0. The van der Waals surface area contributed by atoms with Gasteiger partial charge in [-0.25, -0.2) is 4.71 Å². The monoisotopic (exact) mass is 303 g/mol. The summed E-state index contributed by atoms with van der Waals surface area (Å²) < 4.78 is 1.36. The lowest BCUT2D eigenvalue weighted by atomic mass is 10.0. The minimum atomic E-state index is -0.484. The van der Waals surface area contributed by atoms with Crippen LogP contribution in [0.1, 0.15) is 11.9 Å². The van der Waals surface area contributed by atoms with Gasteiger partial charge in [-0.15, -0.1) is 45.2 Å². The number of hydrogen-bond donors (Lipinski definition) is 0. The summed E-state index contributed by atoms with van der Waals surface area (Å²) in [6, 6.07) is -0.343. The number of β-lactam (4-membered cyclic amide) rings is 1. The van der Waals surface area contributed by atoms with Gasteiger partial charge in [0.2, 0.25) is 5.91 Å². The minimum Gasteiger partial charge on any atom is -0.313 e. The summed E-state index contributed by atoms with van der Waals surface area (Å²) in [6.07, 6.45) is 0. The molecule has 0 aromatic carbocycles. The minimum absolute atomic E-state index is 0.0695. The molecule has 6 nitrogen and oxygen atoms in total. The molecule has 0 aliphatic carbocycles. The summed E-state index contributed by atoms with van der Waals surface area (Å²) in [4.78, 5) is 13.6. The Morgan fingerprint density at radius 2 is 2.33 bits per heavy atom. The summed E-state index contributed by atoms with van der Waals surface area (Å²) in [7, 11) is 1.68. The third kappa shape index (κ3) is 1.66. The van der Waals surface area contributed by atoms with Crippen molar-refractivity contribution in [2.75, 3.05) is 5.88 Å². The van der Waals surface area contributed by atoms with Crippen LogP contribution in [0.4, 0.5) is 0 Å². The first-order valence-corrected chi connectivity index (χ1v) is 7.15. The molecule has 0 N–H and O–H groups in total. The maximum absolute atomic E-state index is 11.9. The predicted octanol–water partition coefficient (Wildman–Crippen LogP) is -0.244. The second-order valence-corrected chi connectivity index (χ2v) is 5.77. The van der Waals surface area contributed by atoms with E-state index < -0.39 is 5.38 Å². The number of fused-ring (bicyclic) bond motifs is 1. The van der Waals surface area contributed by atoms with Crippen molar-refractivity contribution in [1.29, 1.82) is 0 Å². The molecule has 2 aliphatic heterocycles. The van der Waals surface area contributed by atoms with Crippen LogP contribution in [0.15, 0.2) is 11.0 Å².